The lowest BCUT2D eigenvalue weighted by Gasteiger charge is -2.08. The van der Waals surface area contributed by atoms with Crippen molar-refractivity contribution in [2.24, 2.45) is 10.2 Å². The summed E-state index contributed by atoms with van der Waals surface area (Å²) >= 11 is 0. The molecule has 0 fully saturated rings. The topological polar surface area (TPSA) is 74.6 Å². The van der Waals surface area contributed by atoms with E-state index in [9.17, 15) is 0 Å². The van der Waals surface area contributed by atoms with Gasteiger partial charge in [0.25, 0.3) is 0 Å². The van der Waals surface area contributed by atoms with Gasteiger partial charge in [0.15, 0.2) is 11.6 Å². The summed E-state index contributed by atoms with van der Waals surface area (Å²) in [6.45, 7) is 4.59. The van der Waals surface area contributed by atoms with Gasteiger partial charge in [-0.2, -0.15) is 10.2 Å². The summed E-state index contributed by atoms with van der Waals surface area (Å²) in [5.41, 5.74) is 6.25. The van der Waals surface area contributed by atoms with Crippen molar-refractivity contribution in [1.82, 2.24) is 10.2 Å². The van der Waals surface area contributed by atoms with Crippen molar-refractivity contribution < 1.29 is 0 Å². The predicted molar refractivity (Wildman–Crippen MR) is 223 cm³/mol. The smallest absolute Gasteiger partial charge is 0.176 e. The zero-order valence-corrected chi connectivity index (χ0v) is 32.9. The van der Waals surface area contributed by atoms with Crippen LogP contribution in [0.4, 0.5) is 11.6 Å². The maximum absolute atomic E-state index is 4.45. The highest BCUT2D eigenvalue weighted by atomic mass is 15.4. The summed E-state index contributed by atoms with van der Waals surface area (Å²) in [4.78, 5) is 0. The van der Waals surface area contributed by atoms with E-state index < -0.39 is 0 Å². The van der Waals surface area contributed by atoms with Crippen LogP contribution in [0.1, 0.15) is 219 Å². The molecule has 0 unspecified atom stereocenters. The second-order valence-electron chi connectivity index (χ2n) is 14.8. The van der Waals surface area contributed by atoms with E-state index in [1.807, 2.05) is 24.6 Å². The lowest BCUT2D eigenvalue weighted by molar-refractivity contribution is 0.533. The molecule has 1 heterocycles. The average molecular weight is 691 g/mol. The molecular weight excluding hydrogens is 613 g/mol. The van der Waals surface area contributed by atoms with E-state index in [-0.39, 0.29) is 0 Å². The third-order valence-electron chi connectivity index (χ3n) is 10.1. The van der Waals surface area contributed by atoms with Gasteiger partial charge in [0.05, 0.1) is 0 Å². The molecule has 2 aromatic rings. The Bertz CT molecular complexity index is 999. The standard InChI is InChI=1S/C44H78N6/c1-3-5-7-9-11-13-15-17-19-21-23-25-27-29-31-35-39-45-47-43-41-37-33-34-38-42(41)44(50-49-43)48-46-40-36-32-30-28-26-24-22-20-18-16-14-12-10-8-6-4-2/h33-34,37-40H,3-32,35-36H2,1-2H3,(H,47,49)(H,48,50)/b45-39-,46-40-. The Balaban J connectivity index is 1.47. The molecule has 2 N–H and O–H groups in total. The Hall–Kier alpha value is -2.50. The van der Waals surface area contributed by atoms with Crippen molar-refractivity contribution in [1.29, 1.82) is 0 Å². The van der Waals surface area contributed by atoms with E-state index in [1.165, 1.54) is 193 Å². The van der Waals surface area contributed by atoms with Crippen molar-refractivity contribution >= 4 is 34.8 Å². The van der Waals surface area contributed by atoms with Gasteiger partial charge in [0.1, 0.15) is 0 Å². The first-order valence-corrected chi connectivity index (χ1v) is 21.7. The van der Waals surface area contributed by atoms with Crippen molar-refractivity contribution in [2.45, 2.75) is 219 Å². The second kappa shape index (κ2) is 33.6. The fourth-order valence-corrected chi connectivity index (χ4v) is 6.83. The first-order valence-electron chi connectivity index (χ1n) is 21.7. The van der Waals surface area contributed by atoms with Gasteiger partial charge in [-0.1, -0.05) is 218 Å². The molecule has 0 atom stereocenters. The lowest BCUT2D eigenvalue weighted by atomic mass is 10.0. The van der Waals surface area contributed by atoms with Crippen LogP contribution < -0.4 is 10.9 Å². The molecule has 1 aromatic carbocycles. The number of unbranched alkanes of at least 4 members (excludes halogenated alkanes) is 30. The van der Waals surface area contributed by atoms with Crippen molar-refractivity contribution in [2.75, 3.05) is 10.9 Å². The van der Waals surface area contributed by atoms with Crippen LogP contribution in [-0.4, -0.2) is 22.6 Å². The van der Waals surface area contributed by atoms with E-state index >= 15 is 0 Å². The van der Waals surface area contributed by atoms with E-state index in [0.29, 0.717) is 11.6 Å². The lowest BCUT2D eigenvalue weighted by Crippen LogP contribution is -2.01. The summed E-state index contributed by atoms with van der Waals surface area (Å²) in [5.74, 6) is 1.36. The van der Waals surface area contributed by atoms with Crippen molar-refractivity contribution in [3.05, 3.63) is 24.3 Å². The zero-order chi connectivity index (χ0) is 35.4. The monoisotopic (exact) mass is 691 g/mol. The fraction of sp³-hybridized carbons (Fsp3) is 0.773. The van der Waals surface area contributed by atoms with Gasteiger partial charge in [-0.25, -0.2) is 0 Å². The summed E-state index contributed by atoms with van der Waals surface area (Å²) in [5, 5.41) is 19.7. The number of anilines is 2. The first-order chi connectivity index (χ1) is 24.9. The van der Waals surface area contributed by atoms with E-state index in [2.05, 4.69) is 57.2 Å². The molecule has 0 aliphatic carbocycles. The molecule has 6 heteroatoms. The molecule has 6 nitrogen and oxygen atoms in total. The molecule has 0 amide bonds. The number of aromatic nitrogens is 2. The zero-order valence-electron chi connectivity index (χ0n) is 32.9. The second-order valence-corrected chi connectivity index (χ2v) is 14.8. The van der Waals surface area contributed by atoms with E-state index in [4.69, 9.17) is 0 Å². The Kier molecular flexibility index (Phi) is 29.4. The van der Waals surface area contributed by atoms with Crippen LogP contribution in [0.2, 0.25) is 0 Å². The third kappa shape index (κ3) is 23.8. The molecule has 0 bridgehead atoms. The van der Waals surface area contributed by atoms with Gasteiger partial charge in [-0.3, -0.25) is 10.9 Å². The van der Waals surface area contributed by atoms with Gasteiger partial charge in [0, 0.05) is 23.2 Å². The number of nitrogens with zero attached hydrogens (tertiary/aromatic N) is 4. The summed E-state index contributed by atoms with van der Waals surface area (Å²) in [7, 11) is 0. The molecular formula is C44H78N6. The number of nitrogens with one attached hydrogen (secondary N) is 2. The quantitative estimate of drug-likeness (QED) is 0.0424. The van der Waals surface area contributed by atoms with Crippen molar-refractivity contribution in [3.8, 4) is 0 Å². The number of hydrazone groups is 2. The highest BCUT2D eigenvalue weighted by Crippen LogP contribution is 2.26. The van der Waals surface area contributed by atoms with Crippen LogP contribution in [0.5, 0.6) is 0 Å². The SMILES string of the molecule is CCCCCCCCCCCCCCCCC/C=N\Nc1nnc(N/N=C\CCCCCCCCCCCCCCCCC)c2ccccc12. The van der Waals surface area contributed by atoms with Crippen LogP contribution in [0.3, 0.4) is 0 Å². The Morgan fingerprint density at radius 1 is 0.400 bits per heavy atom. The van der Waals surface area contributed by atoms with Crippen LogP contribution >= 0.6 is 0 Å². The van der Waals surface area contributed by atoms with Crippen LogP contribution in [0, 0.1) is 0 Å². The number of benzene rings is 1. The Morgan fingerprint density at radius 3 is 0.940 bits per heavy atom. The molecule has 0 spiro atoms. The minimum Gasteiger partial charge on any atom is -0.260 e. The highest BCUT2D eigenvalue weighted by Gasteiger charge is 2.08. The van der Waals surface area contributed by atoms with Crippen molar-refractivity contribution in [3.63, 3.8) is 0 Å². The number of hydrogen-bond acceptors (Lipinski definition) is 6. The number of fused-ring (bicyclic) bond motifs is 1. The highest BCUT2D eigenvalue weighted by molar-refractivity contribution is 5.98. The van der Waals surface area contributed by atoms with Gasteiger partial charge < -0.3 is 0 Å². The third-order valence-corrected chi connectivity index (χ3v) is 10.1. The normalized spacial score (nSPS) is 11.8. The number of rotatable bonds is 36. The molecule has 284 valence electrons. The molecule has 2 rings (SSSR count). The molecule has 0 saturated carbocycles. The van der Waals surface area contributed by atoms with Crippen LogP contribution in [-0.2, 0) is 0 Å². The largest absolute Gasteiger partial charge is 0.260 e. The molecule has 0 radical (unpaired) electrons. The van der Waals surface area contributed by atoms with Crippen LogP contribution in [0.25, 0.3) is 10.8 Å². The minimum atomic E-state index is 0.681. The van der Waals surface area contributed by atoms with Gasteiger partial charge in [0.2, 0.25) is 0 Å². The molecule has 1 aromatic heterocycles. The Morgan fingerprint density at radius 2 is 0.660 bits per heavy atom. The maximum Gasteiger partial charge on any atom is 0.176 e. The van der Waals surface area contributed by atoms with Gasteiger partial charge in [-0.15, -0.1) is 10.2 Å². The predicted octanol–water partition coefficient (Wildman–Crippen LogP) is 14.9. The average Bonchev–Trinajstić information content (AvgIpc) is 3.14. The van der Waals surface area contributed by atoms with Gasteiger partial charge in [-0.05, 0) is 25.7 Å². The fourth-order valence-electron chi connectivity index (χ4n) is 6.83. The first kappa shape index (κ1) is 43.7. The molecule has 0 aliphatic rings. The minimum absolute atomic E-state index is 0.681. The van der Waals surface area contributed by atoms with Gasteiger partial charge >= 0.3 is 0 Å². The molecule has 0 aliphatic heterocycles. The maximum atomic E-state index is 4.45. The Labute approximate surface area is 308 Å². The molecule has 0 saturated heterocycles. The number of hydrogen-bond donors (Lipinski definition) is 2. The summed E-state index contributed by atoms with van der Waals surface area (Å²) in [6.07, 6.45) is 47.6. The molecule has 50 heavy (non-hydrogen) atoms. The summed E-state index contributed by atoms with van der Waals surface area (Å²) < 4.78 is 0. The van der Waals surface area contributed by atoms with E-state index in [0.717, 1.165) is 23.6 Å². The summed E-state index contributed by atoms with van der Waals surface area (Å²) in [6, 6.07) is 8.16. The van der Waals surface area contributed by atoms with Crippen LogP contribution in [0.15, 0.2) is 34.5 Å². The van der Waals surface area contributed by atoms with E-state index in [1.54, 1.807) is 0 Å².